The van der Waals surface area contributed by atoms with Gasteiger partial charge in [0.1, 0.15) is 0 Å². The minimum absolute atomic E-state index is 0.111. The molecule has 2 aromatic carbocycles. The van der Waals surface area contributed by atoms with Crippen LogP contribution in [0.2, 0.25) is 0 Å². The maximum atomic E-state index is 11.3. The second kappa shape index (κ2) is 4.82. The molecule has 0 saturated heterocycles. The van der Waals surface area contributed by atoms with E-state index in [1.165, 1.54) is 22.3 Å². The third-order valence-corrected chi connectivity index (χ3v) is 4.38. The summed E-state index contributed by atoms with van der Waals surface area (Å²) in [5, 5.41) is 2.91. The maximum Gasteiger partial charge on any atom is 0.224 e. The average molecular weight is 316 g/mol. The lowest BCUT2D eigenvalue weighted by Gasteiger charge is -2.17. The Morgan fingerprint density at radius 1 is 1.05 bits per heavy atom. The van der Waals surface area contributed by atoms with Crippen molar-refractivity contribution in [3.63, 3.8) is 0 Å². The van der Waals surface area contributed by atoms with E-state index in [9.17, 15) is 4.79 Å². The van der Waals surface area contributed by atoms with Crippen LogP contribution in [0.15, 0.2) is 40.9 Å². The fraction of sp³-hybridized carbons (Fsp3) is 0.188. The minimum atomic E-state index is 0.111. The summed E-state index contributed by atoms with van der Waals surface area (Å²) >= 11 is 3.52. The summed E-state index contributed by atoms with van der Waals surface area (Å²) in [4.78, 5) is 11.3. The summed E-state index contributed by atoms with van der Waals surface area (Å²) in [5.74, 6) is 0.111. The van der Waals surface area contributed by atoms with Gasteiger partial charge >= 0.3 is 0 Å². The molecule has 3 rings (SSSR count). The Labute approximate surface area is 121 Å². The fourth-order valence-corrected chi connectivity index (χ4v) is 2.63. The van der Waals surface area contributed by atoms with Crippen molar-refractivity contribution >= 4 is 27.5 Å². The largest absolute Gasteiger partial charge is 0.326 e. The van der Waals surface area contributed by atoms with E-state index in [4.69, 9.17) is 0 Å². The number of carbonyl (C=O) groups is 1. The lowest BCUT2D eigenvalue weighted by atomic mass is 9.96. The average Bonchev–Trinajstić information content (AvgIpc) is 2.41. The third kappa shape index (κ3) is 2.43. The molecule has 0 aliphatic carbocycles. The van der Waals surface area contributed by atoms with Gasteiger partial charge in [-0.25, -0.2) is 0 Å². The maximum absolute atomic E-state index is 11.3. The first-order chi connectivity index (χ1) is 9.13. The molecule has 0 unspecified atom stereocenters. The molecule has 1 aliphatic rings. The Hall–Kier alpha value is -1.61. The predicted octanol–water partition coefficient (Wildman–Crippen LogP) is 4.31. The molecule has 1 aliphatic heterocycles. The van der Waals surface area contributed by atoms with Crippen molar-refractivity contribution < 1.29 is 4.79 Å². The normalized spacial score (nSPS) is 13.9. The van der Waals surface area contributed by atoms with Crippen LogP contribution in [0.25, 0.3) is 11.1 Å². The van der Waals surface area contributed by atoms with Crippen molar-refractivity contribution in [2.45, 2.75) is 19.8 Å². The van der Waals surface area contributed by atoms with Gasteiger partial charge in [-0.15, -0.1) is 0 Å². The Morgan fingerprint density at radius 2 is 1.79 bits per heavy atom. The number of halogens is 1. The zero-order chi connectivity index (χ0) is 13.4. The summed E-state index contributed by atoms with van der Waals surface area (Å²) in [6.45, 7) is 2.09. The zero-order valence-electron chi connectivity index (χ0n) is 10.7. The van der Waals surface area contributed by atoms with Crippen LogP contribution in [-0.4, -0.2) is 5.91 Å². The summed E-state index contributed by atoms with van der Waals surface area (Å²) in [7, 11) is 0. The van der Waals surface area contributed by atoms with Crippen LogP contribution in [0.1, 0.15) is 17.5 Å². The molecule has 2 nitrogen and oxygen atoms in total. The molecule has 0 aromatic heterocycles. The number of hydrogen-bond acceptors (Lipinski definition) is 1. The van der Waals surface area contributed by atoms with Gasteiger partial charge in [-0.05, 0) is 53.8 Å². The van der Waals surface area contributed by atoms with Gasteiger partial charge in [0.25, 0.3) is 0 Å². The number of rotatable bonds is 1. The van der Waals surface area contributed by atoms with E-state index in [0.29, 0.717) is 6.42 Å². The van der Waals surface area contributed by atoms with Crippen LogP contribution in [0.3, 0.4) is 0 Å². The molecule has 96 valence electrons. The summed E-state index contributed by atoms with van der Waals surface area (Å²) < 4.78 is 1.13. The van der Waals surface area contributed by atoms with Crippen LogP contribution < -0.4 is 5.32 Å². The van der Waals surface area contributed by atoms with Crippen molar-refractivity contribution in [3.05, 3.63) is 52.0 Å². The molecule has 1 N–H and O–H groups in total. The van der Waals surface area contributed by atoms with Crippen molar-refractivity contribution in [1.29, 1.82) is 0 Å². The highest BCUT2D eigenvalue weighted by atomic mass is 79.9. The van der Waals surface area contributed by atoms with Crippen LogP contribution in [0.5, 0.6) is 0 Å². The van der Waals surface area contributed by atoms with E-state index in [2.05, 4.69) is 58.5 Å². The van der Waals surface area contributed by atoms with E-state index in [0.717, 1.165) is 16.6 Å². The molecule has 0 fully saturated rings. The van der Waals surface area contributed by atoms with Crippen molar-refractivity contribution in [2.24, 2.45) is 0 Å². The van der Waals surface area contributed by atoms with Gasteiger partial charge in [0.15, 0.2) is 0 Å². The van der Waals surface area contributed by atoms with Crippen molar-refractivity contribution in [2.75, 3.05) is 5.32 Å². The van der Waals surface area contributed by atoms with Gasteiger partial charge < -0.3 is 5.32 Å². The van der Waals surface area contributed by atoms with Crippen molar-refractivity contribution in [1.82, 2.24) is 0 Å². The van der Waals surface area contributed by atoms with Crippen LogP contribution in [-0.2, 0) is 11.2 Å². The summed E-state index contributed by atoms with van der Waals surface area (Å²) in [5.41, 5.74) is 5.81. The monoisotopic (exact) mass is 315 g/mol. The predicted molar refractivity (Wildman–Crippen MR) is 81.3 cm³/mol. The topological polar surface area (TPSA) is 29.1 Å². The van der Waals surface area contributed by atoms with E-state index >= 15 is 0 Å². The Morgan fingerprint density at radius 3 is 2.58 bits per heavy atom. The number of anilines is 1. The lowest BCUT2D eigenvalue weighted by Crippen LogP contribution is -2.18. The standard InChI is InChI=1S/C16H14BrNO/c1-10-8-11(2-5-14(10)17)12-3-6-15-13(9-12)4-7-16(19)18-15/h2-3,5-6,8-9H,4,7H2,1H3,(H,18,19). The lowest BCUT2D eigenvalue weighted by molar-refractivity contribution is -0.116. The van der Waals surface area contributed by atoms with E-state index in [1.807, 2.05) is 6.07 Å². The van der Waals surface area contributed by atoms with Crippen LogP contribution >= 0.6 is 15.9 Å². The quantitative estimate of drug-likeness (QED) is 0.834. The van der Waals surface area contributed by atoms with Crippen LogP contribution in [0, 0.1) is 6.92 Å². The first-order valence-corrected chi connectivity index (χ1v) is 7.12. The van der Waals surface area contributed by atoms with Crippen molar-refractivity contribution in [3.8, 4) is 11.1 Å². The van der Waals surface area contributed by atoms with E-state index < -0.39 is 0 Å². The molecule has 0 radical (unpaired) electrons. The van der Waals surface area contributed by atoms with Gasteiger partial charge in [0.05, 0.1) is 0 Å². The number of benzene rings is 2. The molecule has 1 heterocycles. The highest BCUT2D eigenvalue weighted by Crippen LogP contribution is 2.30. The third-order valence-electron chi connectivity index (χ3n) is 3.49. The van der Waals surface area contributed by atoms with Gasteiger partial charge in [-0.1, -0.05) is 34.1 Å². The first kappa shape index (κ1) is 12.4. The van der Waals surface area contributed by atoms with Gasteiger partial charge in [-0.2, -0.15) is 0 Å². The Bertz CT molecular complexity index is 664. The fourth-order valence-electron chi connectivity index (χ4n) is 2.39. The molecule has 0 spiro atoms. The number of nitrogens with one attached hydrogen (secondary N) is 1. The molecule has 0 saturated carbocycles. The summed E-state index contributed by atoms with van der Waals surface area (Å²) in [6, 6.07) is 12.6. The number of carbonyl (C=O) groups excluding carboxylic acids is 1. The summed E-state index contributed by atoms with van der Waals surface area (Å²) in [6.07, 6.45) is 1.40. The molecule has 0 bridgehead atoms. The van der Waals surface area contributed by atoms with E-state index in [1.54, 1.807) is 0 Å². The van der Waals surface area contributed by atoms with Gasteiger partial charge in [-0.3, -0.25) is 4.79 Å². The first-order valence-electron chi connectivity index (χ1n) is 6.33. The van der Waals surface area contributed by atoms with Crippen LogP contribution in [0.4, 0.5) is 5.69 Å². The molecule has 0 atom stereocenters. The van der Waals surface area contributed by atoms with E-state index in [-0.39, 0.29) is 5.91 Å². The molecule has 19 heavy (non-hydrogen) atoms. The molecular weight excluding hydrogens is 302 g/mol. The molecule has 1 amide bonds. The number of fused-ring (bicyclic) bond motifs is 1. The second-order valence-electron chi connectivity index (χ2n) is 4.88. The second-order valence-corrected chi connectivity index (χ2v) is 5.74. The number of hydrogen-bond donors (Lipinski definition) is 1. The van der Waals surface area contributed by atoms with Gasteiger partial charge in [0.2, 0.25) is 5.91 Å². The zero-order valence-corrected chi connectivity index (χ0v) is 12.3. The smallest absolute Gasteiger partial charge is 0.224 e. The number of amides is 1. The highest BCUT2D eigenvalue weighted by molar-refractivity contribution is 9.10. The minimum Gasteiger partial charge on any atom is -0.326 e. The number of aryl methyl sites for hydroxylation is 2. The molecular formula is C16H14BrNO. The highest BCUT2D eigenvalue weighted by Gasteiger charge is 2.15. The Balaban J connectivity index is 2.02. The van der Waals surface area contributed by atoms with Gasteiger partial charge in [0, 0.05) is 16.6 Å². The molecule has 3 heteroatoms. The Kier molecular flexibility index (Phi) is 3.15. The SMILES string of the molecule is Cc1cc(-c2ccc3c(c2)CCC(=O)N3)ccc1Br. The molecule has 2 aromatic rings.